The van der Waals surface area contributed by atoms with Crippen LogP contribution in [0.25, 0.3) is 10.8 Å². The molecule has 1 aliphatic rings. The van der Waals surface area contributed by atoms with Gasteiger partial charge in [-0.05, 0) is 56.8 Å². The van der Waals surface area contributed by atoms with Gasteiger partial charge in [-0.25, -0.2) is 0 Å². The van der Waals surface area contributed by atoms with Crippen molar-refractivity contribution in [1.82, 2.24) is 4.90 Å². The zero-order valence-corrected chi connectivity index (χ0v) is 17.2. The highest BCUT2D eigenvalue weighted by Gasteiger charge is 2.16. The van der Waals surface area contributed by atoms with E-state index in [1.54, 1.807) is 0 Å². The molecule has 2 aromatic carbocycles. The van der Waals surface area contributed by atoms with Crippen molar-refractivity contribution in [3.05, 3.63) is 36.4 Å². The first kappa shape index (κ1) is 20.5. The Bertz CT molecular complexity index is 770. The quantitative estimate of drug-likeness (QED) is 0.481. The molecular weight excluding hydrogens is 352 g/mol. The van der Waals surface area contributed by atoms with Crippen LogP contribution in [-0.4, -0.2) is 57.3 Å². The number of hydrogen-bond acceptors (Lipinski definition) is 5. The largest absolute Gasteiger partial charge is 0.494 e. The second-order valence-corrected chi connectivity index (χ2v) is 7.41. The predicted molar refractivity (Wildman–Crippen MR) is 114 cm³/mol. The summed E-state index contributed by atoms with van der Waals surface area (Å²) in [5.41, 5.74) is 1.30. The number of fused-ring (bicyclic) bond motifs is 1. The lowest BCUT2D eigenvalue weighted by molar-refractivity contribution is -0.143. The molecule has 152 valence electrons. The van der Waals surface area contributed by atoms with Crippen molar-refractivity contribution in [1.29, 1.82) is 0 Å². The molecule has 5 nitrogen and oxygen atoms in total. The molecule has 1 saturated heterocycles. The van der Waals surface area contributed by atoms with Crippen molar-refractivity contribution >= 4 is 22.4 Å². The maximum atomic E-state index is 11.3. The molecule has 1 aliphatic heterocycles. The van der Waals surface area contributed by atoms with Gasteiger partial charge in [-0.15, -0.1) is 0 Å². The highest BCUT2D eigenvalue weighted by Crippen LogP contribution is 2.30. The van der Waals surface area contributed by atoms with E-state index in [2.05, 4.69) is 53.2 Å². The molecular formula is C23H32N2O3. The summed E-state index contributed by atoms with van der Waals surface area (Å²) in [6.45, 7) is 7.27. The predicted octanol–water partition coefficient (Wildman–Crippen LogP) is 4.09. The molecule has 0 N–H and O–H groups in total. The minimum absolute atomic E-state index is 0.102. The Labute approximate surface area is 168 Å². The molecule has 0 saturated carbocycles. The Morgan fingerprint density at radius 2 is 1.86 bits per heavy atom. The first-order valence-electron chi connectivity index (χ1n) is 10.4. The number of hydrogen-bond donors (Lipinski definition) is 0. The van der Waals surface area contributed by atoms with Crippen LogP contribution >= 0.6 is 0 Å². The smallest absolute Gasteiger partial charge is 0.305 e. The number of esters is 1. The van der Waals surface area contributed by atoms with Crippen LogP contribution in [0.2, 0.25) is 0 Å². The molecule has 3 rings (SSSR count). The van der Waals surface area contributed by atoms with Gasteiger partial charge in [0.15, 0.2) is 0 Å². The fourth-order valence-electron chi connectivity index (χ4n) is 3.62. The van der Waals surface area contributed by atoms with Gasteiger partial charge in [0.25, 0.3) is 0 Å². The van der Waals surface area contributed by atoms with Crippen molar-refractivity contribution in [3.63, 3.8) is 0 Å². The normalized spacial score (nSPS) is 15.0. The van der Waals surface area contributed by atoms with Gasteiger partial charge in [-0.3, -0.25) is 4.79 Å². The molecule has 5 heteroatoms. The second kappa shape index (κ2) is 10.3. The lowest BCUT2D eigenvalue weighted by Crippen LogP contribution is -2.44. The number of ether oxygens (including phenoxy) is 2. The molecule has 2 aromatic rings. The molecule has 0 spiro atoms. The van der Waals surface area contributed by atoms with Crippen LogP contribution in [0.3, 0.4) is 0 Å². The number of rotatable bonds is 9. The summed E-state index contributed by atoms with van der Waals surface area (Å²) in [5.74, 6) is 0.814. The third-order valence-electron chi connectivity index (χ3n) is 5.27. The maximum Gasteiger partial charge on any atom is 0.305 e. The second-order valence-electron chi connectivity index (χ2n) is 7.41. The SMILES string of the molecule is CCOC(=O)CCCCCOc1ccc2cccc(N3CCN(C)CC3)c2c1. The van der Waals surface area contributed by atoms with E-state index in [1.165, 1.54) is 16.5 Å². The lowest BCUT2D eigenvalue weighted by Gasteiger charge is -2.34. The Morgan fingerprint density at radius 3 is 2.64 bits per heavy atom. The summed E-state index contributed by atoms with van der Waals surface area (Å²) in [5, 5.41) is 2.50. The third-order valence-corrected chi connectivity index (χ3v) is 5.27. The topological polar surface area (TPSA) is 42.0 Å². The Hall–Kier alpha value is -2.27. The van der Waals surface area contributed by atoms with Crippen LogP contribution < -0.4 is 9.64 Å². The Morgan fingerprint density at radius 1 is 1.04 bits per heavy atom. The van der Waals surface area contributed by atoms with Gasteiger partial charge < -0.3 is 19.3 Å². The van der Waals surface area contributed by atoms with Crippen molar-refractivity contribution < 1.29 is 14.3 Å². The zero-order chi connectivity index (χ0) is 19.8. The van der Waals surface area contributed by atoms with Gasteiger partial charge in [-0.1, -0.05) is 18.2 Å². The lowest BCUT2D eigenvalue weighted by atomic mass is 10.1. The van der Waals surface area contributed by atoms with Crippen LogP contribution in [0.5, 0.6) is 5.75 Å². The van der Waals surface area contributed by atoms with Gasteiger partial charge >= 0.3 is 5.97 Å². The van der Waals surface area contributed by atoms with Gasteiger partial charge in [0, 0.05) is 43.7 Å². The number of carbonyl (C=O) groups excluding carboxylic acids is 1. The molecule has 0 aliphatic carbocycles. The molecule has 28 heavy (non-hydrogen) atoms. The third kappa shape index (κ3) is 5.61. The number of likely N-dealkylation sites (N-methyl/N-ethyl adjacent to an activating group) is 1. The minimum atomic E-state index is -0.102. The average Bonchev–Trinajstić information content (AvgIpc) is 2.71. The van der Waals surface area contributed by atoms with Crippen molar-refractivity contribution in [2.45, 2.75) is 32.6 Å². The van der Waals surface area contributed by atoms with Crippen LogP contribution in [-0.2, 0) is 9.53 Å². The molecule has 0 unspecified atom stereocenters. The monoisotopic (exact) mass is 384 g/mol. The van der Waals surface area contributed by atoms with Crippen molar-refractivity contribution in [2.24, 2.45) is 0 Å². The standard InChI is InChI=1S/C23H32N2O3/c1-3-27-23(26)10-5-4-6-17-28-20-12-11-19-8-7-9-22(21(19)18-20)25-15-13-24(2)14-16-25/h7-9,11-12,18H,3-6,10,13-17H2,1-2H3. The molecule has 0 atom stereocenters. The molecule has 0 aromatic heterocycles. The fourth-order valence-corrected chi connectivity index (χ4v) is 3.62. The minimum Gasteiger partial charge on any atom is -0.494 e. The molecule has 0 amide bonds. The number of anilines is 1. The van der Waals surface area contributed by atoms with Crippen molar-refractivity contribution in [3.8, 4) is 5.75 Å². The number of nitrogens with zero attached hydrogens (tertiary/aromatic N) is 2. The van der Waals surface area contributed by atoms with E-state index < -0.39 is 0 Å². The average molecular weight is 385 g/mol. The van der Waals surface area contributed by atoms with E-state index in [1.807, 2.05) is 6.92 Å². The molecule has 1 heterocycles. The van der Waals surface area contributed by atoms with Gasteiger partial charge in [-0.2, -0.15) is 0 Å². The molecule has 0 bridgehead atoms. The van der Waals surface area contributed by atoms with E-state index in [0.29, 0.717) is 19.6 Å². The van der Waals surface area contributed by atoms with Crippen LogP contribution in [0.4, 0.5) is 5.69 Å². The van der Waals surface area contributed by atoms with E-state index in [0.717, 1.165) is 51.2 Å². The Balaban J connectivity index is 1.54. The van der Waals surface area contributed by atoms with Crippen molar-refractivity contribution in [2.75, 3.05) is 51.3 Å². The van der Waals surface area contributed by atoms with E-state index in [4.69, 9.17) is 9.47 Å². The molecule has 0 radical (unpaired) electrons. The fraction of sp³-hybridized carbons (Fsp3) is 0.522. The first-order chi connectivity index (χ1) is 13.7. The molecule has 1 fully saturated rings. The van der Waals surface area contributed by atoms with Gasteiger partial charge in [0.1, 0.15) is 5.75 Å². The summed E-state index contributed by atoms with van der Waals surface area (Å²) in [6.07, 6.45) is 3.27. The maximum absolute atomic E-state index is 11.3. The van der Waals surface area contributed by atoms with Crippen LogP contribution in [0.15, 0.2) is 36.4 Å². The van der Waals surface area contributed by atoms with Gasteiger partial charge in [0.2, 0.25) is 0 Å². The van der Waals surface area contributed by atoms with Crippen LogP contribution in [0.1, 0.15) is 32.6 Å². The number of piperazine rings is 1. The summed E-state index contributed by atoms with van der Waals surface area (Å²) in [7, 11) is 2.18. The van der Waals surface area contributed by atoms with E-state index in [9.17, 15) is 4.79 Å². The number of unbranched alkanes of at least 4 members (excludes halogenated alkanes) is 2. The number of benzene rings is 2. The summed E-state index contributed by atoms with van der Waals surface area (Å²) in [4.78, 5) is 16.2. The van der Waals surface area contributed by atoms with E-state index in [-0.39, 0.29) is 5.97 Å². The summed E-state index contributed by atoms with van der Waals surface area (Å²) < 4.78 is 10.9. The van der Waals surface area contributed by atoms with Gasteiger partial charge in [0.05, 0.1) is 13.2 Å². The zero-order valence-electron chi connectivity index (χ0n) is 17.2. The number of carbonyl (C=O) groups is 1. The highest BCUT2D eigenvalue weighted by atomic mass is 16.5. The Kier molecular flexibility index (Phi) is 7.54. The van der Waals surface area contributed by atoms with E-state index >= 15 is 0 Å². The highest BCUT2D eigenvalue weighted by molar-refractivity contribution is 5.95. The first-order valence-corrected chi connectivity index (χ1v) is 10.4. The summed E-state index contributed by atoms with van der Waals surface area (Å²) in [6, 6.07) is 12.9. The van der Waals surface area contributed by atoms with Crippen LogP contribution in [0, 0.1) is 0 Å². The summed E-state index contributed by atoms with van der Waals surface area (Å²) >= 11 is 0.